The van der Waals surface area contributed by atoms with Crippen molar-refractivity contribution < 1.29 is 4.39 Å². The number of aromatic nitrogens is 7. The summed E-state index contributed by atoms with van der Waals surface area (Å²) in [5.74, 6) is 1.01. The number of benzene rings is 1. The summed E-state index contributed by atoms with van der Waals surface area (Å²) < 4.78 is 14.7. The summed E-state index contributed by atoms with van der Waals surface area (Å²) in [6.07, 6.45) is 12.5. The number of hydrogen-bond donors (Lipinski definition) is 4. The fourth-order valence-electron chi connectivity index (χ4n) is 6.11. The highest BCUT2D eigenvalue weighted by Crippen LogP contribution is 2.33. The van der Waals surface area contributed by atoms with E-state index in [0.29, 0.717) is 40.3 Å². The molecule has 0 radical (unpaired) electrons. The van der Waals surface area contributed by atoms with Gasteiger partial charge in [-0.1, -0.05) is 12.8 Å². The van der Waals surface area contributed by atoms with Crippen molar-refractivity contribution in [3.8, 4) is 33.9 Å². The Morgan fingerprint density at radius 2 is 1.78 bits per heavy atom. The molecule has 0 aliphatic heterocycles. The van der Waals surface area contributed by atoms with Gasteiger partial charge in [0.25, 0.3) is 0 Å². The zero-order valence-electron chi connectivity index (χ0n) is 25.6. The Bertz CT molecular complexity index is 1940. The largest absolute Gasteiger partial charge is 0.384 e. The quantitative estimate of drug-likeness (QED) is 0.142. The van der Waals surface area contributed by atoms with Gasteiger partial charge in [-0.2, -0.15) is 5.10 Å². The maximum Gasteiger partial charge on any atom is 0.161 e. The molecule has 11 heteroatoms. The lowest BCUT2D eigenvalue weighted by Gasteiger charge is -2.12. The van der Waals surface area contributed by atoms with Crippen LogP contribution in [0.15, 0.2) is 61.2 Å². The Balaban J connectivity index is 1.17. The first-order chi connectivity index (χ1) is 22.0. The van der Waals surface area contributed by atoms with Crippen LogP contribution < -0.4 is 10.6 Å². The lowest BCUT2D eigenvalue weighted by molar-refractivity contribution is 0.425. The zero-order chi connectivity index (χ0) is 30.8. The van der Waals surface area contributed by atoms with Crippen LogP contribution >= 0.6 is 0 Å². The van der Waals surface area contributed by atoms with Crippen LogP contribution in [0.3, 0.4) is 0 Å². The molecule has 0 saturated heterocycles. The fourth-order valence-corrected chi connectivity index (χ4v) is 6.11. The van der Waals surface area contributed by atoms with Crippen molar-refractivity contribution in [1.29, 1.82) is 0 Å². The van der Waals surface area contributed by atoms with Crippen LogP contribution in [-0.2, 0) is 6.54 Å². The first kappa shape index (κ1) is 29.0. The molecular weight excluding hydrogens is 567 g/mol. The molecule has 230 valence electrons. The minimum atomic E-state index is -0.328. The minimum absolute atomic E-state index is 0.328. The lowest BCUT2D eigenvalue weighted by atomic mass is 10.1. The monoisotopic (exact) mass is 604 g/mol. The molecule has 10 nitrogen and oxygen atoms in total. The molecular formula is C34H37FN10. The molecule has 1 aromatic carbocycles. The maximum atomic E-state index is 14.7. The number of rotatable bonds is 11. The topological polar surface area (TPSA) is 123 Å². The predicted molar refractivity (Wildman–Crippen MR) is 176 cm³/mol. The highest BCUT2D eigenvalue weighted by molar-refractivity contribution is 5.96. The number of imidazole rings is 1. The van der Waals surface area contributed by atoms with Crippen molar-refractivity contribution in [2.24, 2.45) is 5.92 Å². The van der Waals surface area contributed by atoms with Crippen LogP contribution in [0.5, 0.6) is 0 Å². The van der Waals surface area contributed by atoms with Crippen molar-refractivity contribution in [1.82, 2.24) is 45.3 Å². The standard InChI is InChI=1S/C34H37FN10/c1-45(2)10-9-39-26-13-23(12-25(35)14-26)27-19-38-20-30-31(27)42-34(41-30)33-32-29(43-44-33)8-7-28(40-32)24-11-22(17-37-18-24)16-36-15-21-5-3-4-6-21/h7-8,11-14,17-21,36,39H,3-6,9-10,15-16H2,1-2H3,(H,41,42)(H,43,44). The number of pyridine rings is 3. The van der Waals surface area contributed by atoms with Gasteiger partial charge in [0.1, 0.15) is 11.3 Å². The smallest absolute Gasteiger partial charge is 0.161 e. The minimum Gasteiger partial charge on any atom is -0.384 e. The van der Waals surface area contributed by atoms with Gasteiger partial charge in [0.05, 0.1) is 28.4 Å². The number of fused-ring (bicyclic) bond motifs is 2. The van der Waals surface area contributed by atoms with Gasteiger partial charge < -0.3 is 20.5 Å². The fraction of sp³-hybridized carbons (Fsp3) is 0.324. The molecule has 1 aliphatic carbocycles. The van der Waals surface area contributed by atoms with Crippen molar-refractivity contribution in [2.75, 3.05) is 39.0 Å². The van der Waals surface area contributed by atoms with Crippen LogP contribution in [0.1, 0.15) is 31.2 Å². The lowest BCUT2D eigenvalue weighted by Crippen LogP contribution is -2.20. The van der Waals surface area contributed by atoms with Crippen molar-refractivity contribution >= 4 is 27.8 Å². The van der Waals surface area contributed by atoms with E-state index in [9.17, 15) is 4.39 Å². The Labute approximate surface area is 260 Å². The number of anilines is 1. The number of nitrogens with one attached hydrogen (secondary N) is 4. The van der Waals surface area contributed by atoms with Crippen LogP contribution in [0, 0.1) is 11.7 Å². The normalized spacial score (nSPS) is 13.9. The maximum absolute atomic E-state index is 14.7. The van der Waals surface area contributed by atoms with Gasteiger partial charge in [0, 0.05) is 55.0 Å². The van der Waals surface area contributed by atoms with Gasteiger partial charge in [0.2, 0.25) is 0 Å². The molecule has 5 heterocycles. The summed E-state index contributed by atoms with van der Waals surface area (Å²) in [5, 5.41) is 14.6. The van der Waals surface area contributed by atoms with E-state index in [1.54, 1.807) is 12.4 Å². The second kappa shape index (κ2) is 12.7. The first-order valence-electron chi connectivity index (χ1n) is 15.5. The van der Waals surface area contributed by atoms with E-state index in [0.717, 1.165) is 59.0 Å². The Kier molecular flexibility index (Phi) is 8.19. The van der Waals surface area contributed by atoms with E-state index in [2.05, 4.69) is 46.7 Å². The summed E-state index contributed by atoms with van der Waals surface area (Å²) in [6.45, 7) is 3.36. The first-order valence-corrected chi connectivity index (χ1v) is 15.5. The molecule has 4 N–H and O–H groups in total. The van der Waals surface area contributed by atoms with E-state index in [-0.39, 0.29) is 5.82 Å². The molecule has 0 bridgehead atoms. The summed E-state index contributed by atoms with van der Waals surface area (Å²) >= 11 is 0. The van der Waals surface area contributed by atoms with E-state index in [4.69, 9.17) is 9.97 Å². The molecule has 1 saturated carbocycles. The molecule has 0 amide bonds. The summed E-state index contributed by atoms with van der Waals surface area (Å²) in [4.78, 5) is 24.3. The van der Waals surface area contributed by atoms with Gasteiger partial charge in [-0.05, 0) is 86.9 Å². The van der Waals surface area contributed by atoms with Crippen LogP contribution in [0.4, 0.5) is 10.1 Å². The van der Waals surface area contributed by atoms with E-state index in [1.165, 1.54) is 37.8 Å². The van der Waals surface area contributed by atoms with E-state index < -0.39 is 0 Å². The van der Waals surface area contributed by atoms with Gasteiger partial charge in [-0.25, -0.2) is 14.4 Å². The number of H-pyrrole nitrogens is 2. The second-order valence-corrected chi connectivity index (χ2v) is 12.2. The summed E-state index contributed by atoms with van der Waals surface area (Å²) in [6, 6.07) is 11.0. The van der Waals surface area contributed by atoms with Crippen molar-refractivity contribution in [2.45, 2.75) is 32.2 Å². The summed E-state index contributed by atoms with van der Waals surface area (Å²) in [7, 11) is 4.01. The second-order valence-electron chi connectivity index (χ2n) is 12.2. The molecule has 1 aliphatic rings. The Hall–Kier alpha value is -4.74. The number of hydrogen-bond acceptors (Lipinski definition) is 8. The molecule has 0 unspecified atom stereocenters. The van der Waals surface area contributed by atoms with Gasteiger partial charge in [-0.3, -0.25) is 15.1 Å². The molecule has 0 spiro atoms. The highest BCUT2D eigenvalue weighted by atomic mass is 19.1. The molecule has 1 fully saturated rings. The van der Waals surface area contributed by atoms with Gasteiger partial charge in [0.15, 0.2) is 11.5 Å². The summed E-state index contributed by atoms with van der Waals surface area (Å²) in [5.41, 5.74) is 8.51. The Morgan fingerprint density at radius 1 is 0.911 bits per heavy atom. The number of likely N-dealkylation sites (N-methyl/N-ethyl adjacent to an activating group) is 1. The molecule has 45 heavy (non-hydrogen) atoms. The third-order valence-electron chi connectivity index (χ3n) is 8.45. The van der Waals surface area contributed by atoms with Crippen LogP contribution in [0.25, 0.3) is 56.0 Å². The average molecular weight is 605 g/mol. The van der Waals surface area contributed by atoms with E-state index >= 15 is 0 Å². The highest BCUT2D eigenvalue weighted by Gasteiger charge is 2.18. The SMILES string of the molecule is CN(C)CCNc1cc(F)cc(-c2cncc3[nH]c(-c4n[nH]c5ccc(-c6cncc(CNCC7CCCC7)c6)nc45)nc23)c1. The van der Waals surface area contributed by atoms with Gasteiger partial charge >= 0.3 is 0 Å². The molecule has 7 rings (SSSR count). The van der Waals surface area contributed by atoms with Crippen molar-refractivity contribution in [3.05, 3.63) is 72.6 Å². The van der Waals surface area contributed by atoms with Gasteiger partial charge in [-0.15, -0.1) is 0 Å². The third kappa shape index (κ3) is 6.40. The molecule has 0 atom stereocenters. The van der Waals surface area contributed by atoms with Crippen molar-refractivity contribution in [3.63, 3.8) is 0 Å². The van der Waals surface area contributed by atoms with Crippen LogP contribution in [0.2, 0.25) is 0 Å². The number of aromatic amines is 2. The third-order valence-corrected chi connectivity index (χ3v) is 8.45. The van der Waals surface area contributed by atoms with E-state index in [1.807, 2.05) is 44.7 Å². The Morgan fingerprint density at radius 3 is 2.64 bits per heavy atom. The number of halogens is 1. The average Bonchev–Trinajstić information content (AvgIpc) is 3.80. The number of nitrogens with zero attached hydrogens (tertiary/aromatic N) is 6. The van der Waals surface area contributed by atoms with Crippen LogP contribution in [-0.4, -0.2) is 73.7 Å². The molecule has 6 aromatic rings. The predicted octanol–water partition coefficient (Wildman–Crippen LogP) is 6.02. The molecule has 5 aromatic heterocycles. The zero-order valence-corrected chi connectivity index (χ0v) is 25.6.